The molecule has 18 heavy (non-hydrogen) atoms. The van der Waals surface area contributed by atoms with Gasteiger partial charge in [0.1, 0.15) is 12.1 Å². The van der Waals surface area contributed by atoms with Gasteiger partial charge in [-0.25, -0.2) is 9.97 Å². The normalized spacial score (nSPS) is 10.7. The fraction of sp³-hybridized carbons (Fsp3) is 0.333. The average molecular weight is 242 g/mol. The minimum atomic E-state index is 0.405. The lowest BCUT2D eigenvalue weighted by Gasteiger charge is -2.13. The van der Waals surface area contributed by atoms with E-state index in [1.54, 1.807) is 13.4 Å². The maximum absolute atomic E-state index is 5.23. The van der Waals surface area contributed by atoms with Gasteiger partial charge < -0.3 is 4.74 Å². The third-order valence-electron chi connectivity index (χ3n) is 3.05. The predicted molar refractivity (Wildman–Crippen MR) is 72.8 cm³/mol. The third-order valence-corrected chi connectivity index (χ3v) is 3.05. The standard InChI is InChI=1S/C15H18N2O/c1-10(2)14-8-16-9-17-15(14)13-6-5-12(18-4)7-11(13)3/h5-10H,1-4H3. The summed E-state index contributed by atoms with van der Waals surface area (Å²) in [5, 5.41) is 0. The van der Waals surface area contributed by atoms with Gasteiger partial charge in [0.2, 0.25) is 0 Å². The Morgan fingerprint density at radius 3 is 2.61 bits per heavy atom. The molecule has 0 aliphatic rings. The number of aryl methyl sites for hydroxylation is 1. The van der Waals surface area contributed by atoms with E-state index >= 15 is 0 Å². The molecule has 0 fully saturated rings. The molecule has 0 saturated carbocycles. The molecule has 94 valence electrons. The molecule has 0 unspecified atom stereocenters. The van der Waals surface area contributed by atoms with Gasteiger partial charge in [0.15, 0.2) is 0 Å². The lowest BCUT2D eigenvalue weighted by molar-refractivity contribution is 0.414. The molecule has 0 bridgehead atoms. The van der Waals surface area contributed by atoms with Crippen LogP contribution in [0.25, 0.3) is 11.3 Å². The van der Waals surface area contributed by atoms with Crippen molar-refractivity contribution >= 4 is 0 Å². The summed E-state index contributed by atoms with van der Waals surface area (Å²) in [5.41, 5.74) is 4.49. The van der Waals surface area contributed by atoms with E-state index in [-0.39, 0.29) is 0 Å². The first-order valence-electron chi connectivity index (χ1n) is 6.08. The van der Waals surface area contributed by atoms with Crippen LogP contribution in [-0.2, 0) is 0 Å². The number of methoxy groups -OCH3 is 1. The number of hydrogen-bond acceptors (Lipinski definition) is 3. The van der Waals surface area contributed by atoms with Crippen molar-refractivity contribution in [2.24, 2.45) is 0 Å². The first-order valence-corrected chi connectivity index (χ1v) is 6.08. The molecule has 1 heterocycles. The Morgan fingerprint density at radius 1 is 1.22 bits per heavy atom. The summed E-state index contributed by atoms with van der Waals surface area (Å²) in [6.07, 6.45) is 3.50. The van der Waals surface area contributed by atoms with Crippen LogP contribution in [0.1, 0.15) is 30.9 Å². The minimum Gasteiger partial charge on any atom is -0.497 e. The van der Waals surface area contributed by atoms with Crippen molar-refractivity contribution < 1.29 is 4.74 Å². The number of benzene rings is 1. The molecule has 1 aromatic heterocycles. The third kappa shape index (κ3) is 2.35. The smallest absolute Gasteiger partial charge is 0.119 e. The van der Waals surface area contributed by atoms with Crippen LogP contribution in [0.15, 0.2) is 30.7 Å². The van der Waals surface area contributed by atoms with E-state index in [2.05, 4.69) is 36.8 Å². The maximum Gasteiger partial charge on any atom is 0.119 e. The highest BCUT2D eigenvalue weighted by Crippen LogP contribution is 2.30. The Morgan fingerprint density at radius 2 is 2.00 bits per heavy atom. The molecular weight excluding hydrogens is 224 g/mol. The van der Waals surface area contributed by atoms with Crippen LogP contribution in [0.2, 0.25) is 0 Å². The lowest BCUT2D eigenvalue weighted by Crippen LogP contribution is -1.98. The molecule has 3 nitrogen and oxygen atoms in total. The van der Waals surface area contributed by atoms with Crippen LogP contribution in [-0.4, -0.2) is 17.1 Å². The molecule has 2 rings (SSSR count). The summed E-state index contributed by atoms with van der Waals surface area (Å²) in [4.78, 5) is 8.55. The molecule has 1 aromatic carbocycles. The van der Waals surface area contributed by atoms with Crippen LogP contribution in [0.5, 0.6) is 5.75 Å². The molecule has 0 aliphatic heterocycles. The summed E-state index contributed by atoms with van der Waals surface area (Å²) in [6.45, 7) is 6.38. The number of nitrogens with zero attached hydrogens (tertiary/aromatic N) is 2. The van der Waals surface area contributed by atoms with Crippen LogP contribution in [0.4, 0.5) is 0 Å². The van der Waals surface area contributed by atoms with E-state index in [1.165, 1.54) is 5.56 Å². The summed E-state index contributed by atoms with van der Waals surface area (Å²) in [5.74, 6) is 1.28. The van der Waals surface area contributed by atoms with E-state index < -0.39 is 0 Å². The van der Waals surface area contributed by atoms with Crippen molar-refractivity contribution in [1.29, 1.82) is 0 Å². The Bertz CT molecular complexity index is 550. The summed E-state index contributed by atoms with van der Waals surface area (Å²) < 4.78 is 5.23. The number of hydrogen-bond donors (Lipinski definition) is 0. The van der Waals surface area contributed by atoms with Gasteiger partial charge >= 0.3 is 0 Å². The van der Waals surface area contributed by atoms with E-state index in [4.69, 9.17) is 4.74 Å². The van der Waals surface area contributed by atoms with Crippen molar-refractivity contribution in [2.75, 3.05) is 7.11 Å². The zero-order chi connectivity index (χ0) is 13.1. The monoisotopic (exact) mass is 242 g/mol. The summed E-state index contributed by atoms with van der Waals surface area (Å²) in [6, 6.07) is 6.05. The first kappa shape index (κ1) is 12.6. The van der Waals surface area contributed by atoms with Gasteiger partial charge in [0.25, 0.3) is 0 Å². The zero-order valence-electron chi connectivity index (χ0n) is 11.3. The molecule has 0 N–H and O–H groups in total. The molecule has 0 aliphatic carbocycles. The van der Waals surface area contributed by atoms with Gasteiger partial charge in [-0.1, -0.05) is 13.8 Å². The molecule has 0 saturated heterocycles. The SMILES string of the molecule is COc1ccc(-c2ncncc2C(C)C)c(C)c1. The second-order valence-electron chi connectivity index (χ2n) is 4.66. The van der Waals surface area contributed by atoms with Gasteiger partial charge in [-0.3, -0.25) is 0 Å². The van der Waals surface area contributed by atoms with Gasteiger partial charge in [0.05, 0.1) is 12.8 Å². The van der Waals surface area contributed by atoms with Crippen molar-refractivity contribution in [3.63, 3.8) is 0 Å². The summed E-state index contributed by atoms with van der Waals surface area (Å²) >= 11 is 0. The molecule has 2 aromatic rings. The molecule has 0 spiro atoms. The highest BCUT2D eigenvalue weighted by Gasteiger charge is 2.12. The van der Waals surface area contributed by atoms with Crippen LogP contribution in [0, 0.1) is 6.92 Å². The lowest BCUT2D eigenvalue weighted by atomic mass is 9.96. The van der Waals surface area contributed by atoms with Crippen molar-refractivity contribution in [3.8, 4) is 17.0 Å². The highest BCUT2D eigenvalue weighted by molar-refractivity contribution is 5.67. The fourth-order valence-electron chi connectivity index (χ4n) is 2.02. The zero-order valence-corrected chi connectivity index (χ0v) is 11.3. The number of ether oxygens (including phenoxy) is 1. The maximum atomic E-state index is 5.23. The molecule has 0 atom stereocenters. The Balaban J connectivity index is 2.55. The van der Waals surface area contributed by atoms with E-state index in [1.807, 2.05) is 18.3 Å². The second-order valence-corrected chi connectivity index (χ2v) is 4.66. The Kier molecular flexibility index (Phi) is 3.60. The van der Waals surface area contributed by atoms with Crippen LogP contribution >= 0.6 is 0 Å². The minimum absolute atomic E-state index is 0.405. The van der Waals surface area contributed by atoms with Gasteiger partial charge in [-0.15, -0.1) is 0 Å². The van der Waals surface area contributed by atoms with Gasteiger partial charge in [-0.05, 0) is 42.2 Å². The van der Waals surface area contributed by atoms with Crippen LogP contribution < -0.4 is 4.74 Å². The average Bonchev–Trinajstić information content (AvgIpc) is 2.38. The van der Waals surface area contributed by atoms with E-state index in [0.29, 0.717) is 5.92 Å². The highest BCUT2D eigenvalue weighted by atomic mass is 16.5. The van der Waals surface area contributed by atoms with Crippen molar-refractivity contribution in [3.05, 3.63) is 41.9 Å². The van der Waals surface area contributed by atoms with Crippen molar-refractivity contribution in [1.82, 2.24) is 9.97 Å². The molecular formula is C15H18N2O. The fourth-order valence-corrected chi connectivity index (χ4v) is 2.02. The van der Waals surface area contributed by atoms with E-state index in [0.717, 1.165) is 22.6 Å². The van der Waals surface area contributed by atoms with Gasteiger partial charge in [-0.2, -0.15) is 0 Å². The van der Waals surface area contributed by atoms with Crippen molar-refractivity contribution in [2.45, 2.75) is 26.7 Å². The summed E-state index contributed by atoms with van der Waals surface area (Å²) in [7, 11) is 1.68. The Labute approximate surface area is 108 Å². The molecule has 0 radical (unpaired) electrons. The predicted octanol–water partition coefficient (Wildman–Crippen LogP) is 3.58. The quantitative estimate of drug-likeness (QED) is 0.825. The van der Waals surface area contributed by atoms with Gasteiger partial charge in [0, 0.05) is 11.8 Å². The van der Waals surface area contributed by atoms with E-state index in [9.17, 15) is 0 Å². The molecule has 0 amide bonds. The van der Waals surface area contributed by atoms with Crippen LogP contribution in [0.3, 0.4) is 0 Å². The largest absolute Gasteiger partial charge is 0.497 e. The Hall–Kier alpha value is -1.90. The topological polar surface area (TPSA) is 35.0 Å². The first-order chi connectivity index (χ1) is 8.63. The second kappa shape index (κ2) is 5.17. The number of rotatable bonds is 3. The molecule has 3 heteroatoms. The number of aromatic nitrogens is 2.